The van der Waals surface area contributed by atoms with Gasteiger partial charge >= 0.3 is 6.03 Å². The highest BCUT2D eigenvalue weighted by molar-refractivity contribution is 5.73. The van der Waals surface area contributed by atoms with Gasteiger partial charge in [0, 0.05) is 31.4 Å². The molecule has 0 aromatic heterocycles. The lowest BCUT2D eigenvalue weighted by molar-refractivity contribution is 0.116. The zero-order valence-electron chi connectivity index (χ0n) is 17.2. The van der Waals surface area contributed by atoms with Gasteiger partial charge in [0.25, 0.3) is 0 Å². The van der Waals surface area contributed by atoms with Crippen LogP contribution in [-0.4, -0.2) is 49.8 Å². The van der Waals surface area contributed by atoms with Gasteiger partial charge in [0.05, 0.1) is 19.3 Å². The van der Waals surface area contributed by atoms with Gasteiger partial charge in [-0.1, -0.05) is 12.1 Å². The van der Waals surface area contributed by atoms with Crippen LogP contribution in [0, 0.1) is 5.82 Å². The number of halogens is 1. The number of benzene rings is 2. The lowest BCUT2D eigenvalue weighted by Gasteiger charge is -2.42. The number of amides is 2. The summed E-state index contributed by atoms with van der Waals surface area (Å²) in [5, 5.41) is 0. The van der Waals surface area contributed by atoms with Crippen LogP contribution < -0.4 is 20.1 Å². The number of piperazine rings is 1. The predicted octanol–water partition coefficient (Wildman–Crippen LogP) is 3.58. The molecular weight excluding hydrogens is 385 g/mol. The highest BCUT2D eigenvalue weighted by Crippen LogP contribution is 2.36. The second-order valence-electron chi connectivity index (χ2n) is 7.97. The first-order chi connectivity index (χ1) is 14.5. The van der Waals surface area contributed by atoms with Crippen LogP contribution in [0.3, 0.4) is 0 Å². The largest absolute Gasteiger partial charge is 0.493 e. The number of primary amides is 1. The van der Waals surface area contributed by atoms with Crippen molar-refractivity contribution in [1.82, 2.24) is 4.90 Å². The minimum absolute atomic E-state index is 0.0974. The molecule has 2 aromatic carbocycles. The summed E-state index contributed by atoms with van der Waals surface area (Å²) in [7, 11) is 1.65. The number of methoxy groups -OCH3 is 1. The molecule has 1 aliphatic carbocycles. The van der Waals surface area contributed by atoms with Gasteiger partial charge in [-0.15, -0.1) is 0 Å². The Morgan fingerprint density at radius 2 is 1.90 bits per heavy atom. The molecule has 1 heterocycles. The number of ether oxygens (including phenoxy) is 2. The molecule has 2 fully saturated rings. The monoisotopic (exact) mass is 413 g/mol. The third-order valence-corrected chi connectivity index (χ3v) is 6.01. The summed E-state index contributed by atoms with van der Waals surface area (Å²) in [5.41, 5.74) is 7.63. The minimum Gasteiger partial charge on any atom is -0.493 e. The maximum atomic E-state index is 13.3. The third-order valence-electron chi connectivity index (χ3n) is 6.01. The molecule has 1 saturated heterocycles. The van der Waals surface area contributed by atoms with Crippen LogP contribution in [0.15, 0.2) is 42.5 Å². The SMILES string of the molecule is COc1ccc(N2CCN(C(N)=O)C(Cc3ccc(F)cc3)C2)cc1OC1CCC1. The molecule has 0 spiro atoms. The molecule has 2 amide bonds. The molecule has 2 aromatic rings. The van der Waals surface area contributed by atoms with Crippen LogP contribution in [-0.2, 0) is 6.42 Å². The number of urea groups is 1. The molecular formula is C23H28FN3O3. The van der Waals surface area contributed by atoms with Crippen molar-refractivity contribution >= 4 is 11.7 Å². The predicted molar refractivity (Wildman–Crippen MR) is 114 cm³/mol. The first-order valence-corrected chi connectivity index (χ1v) is 10.4. The number of carbonyl (C=O) groups excluding carboxylic acids is 1. The van der Waals surface area contributed by atoms with Crippen molar-refractivity contribution in [2.45, 2.75) is 37.8 Å². The van der Waals surface area contributed by atoms with E-state index >= 15 is 0 Å². The molecule has 30 heavy (non-hydrogen) atoms. The summed E-state index contributed by atoms with van der Waals surface area (Å²) in [6.07, 6.45) is 4.22. The number of rotatable bonds is 6. The van der Waals surface area contributed by atoms with Gasteiger partial charge in [-0.3, -0.25) is 0 Å². The van der Waals surface area contributed by atoms with Gasteiger partial charge in [0.1, 0.15) is 5.82 Å². The van der Waals surface area contributed by atoms with Gasteiger partial charge in [-0.25, -0.2) is 9.18 Å². The summed E-state index contributed by atoms with van der Waals surface area (Å²) < 4.78 is 24.9. The van der Waals surface area contributed by atoms with Gasteiger partial charge in [-0.2, -0.15) is 0 Å². The van der Waals surface area contributed by atoms with Crippen molar-refractivity contribution in [1.29, 1.82) is 0 Å². The van der Waals surface area contributed by atoms with Crippen molar-refractivity contribution in [3.63, 3.8) is 0 Å². The number of hydrogen-bond donors (Lipinski definition) is 1. The van der Waals surface area contributed by atoms with Crippen molar-refractivity contribution in [3.8, 4) is 11.5 Å². The van der Waals surface area contributed by atoms with Crippen molar-refractivity contribution < 1.29 is 18.7 Å². The van der Waals surface area contributed by atoms with E-state index in [9.17, 15) is 9.18 Å². The summed E-state index contributed by atoms with van der Waals surface area (Å²) in [5.74, 6) is 1.21. The van der Waals surface area contributed by atoms with E-state index in [1.165, 1.54) is 18.6 Å². The van der Waals surface area contributed by atoms with Crippen LogP contribution in [0.5, 0.6) is 11.5 Å². The lowest BCUT2D eigenvalue weighted by Crippen LogP contribution is -2.57. The summed E-state index contributed by atoms with van der Waals surface area (Å²) >= 11 is 0. The van der Waals surface area contributed by atoms with E-state index in [-0.39, 0.29) is 18.0 Å². The number of nitrogens with zero attached hydrogens (tertiary/aromatic N) is 2. The Morgan fingerprint density at radius 3 is 2.53 bits per heavy atom. The molecule has 1 unspecified atom stereocenters. The number of anilines is 1. The van der Waals surface area contributed by atoms with E-state index < -0.39 is 6.03 Å². The molecule has 7 heteroatoms. The van der Waals surface area contributed by atoms with E-state index in [4.69, 9.17) is 15.2 Å². The Morgan fingerprint density at radius 1 is 1.13 bits per heavy atom. The van der Waals surface area contributed by atoms with Gasteiger partial charge in [-0.05, 0) is 55.5 Å². The fourth-order valence-corrected chi connectivity index (χ4v) is 4.07. The molecule has 0 bridgehead atoms. The number of hydrogen-bond acceptors (Lipinski definition) is 4. The van der Waals surface area contributed by atoms with E-state index in [1.807, 2.05) is 18.2 Å². The Balaban J connectivity index is 1.53. The normalized spacial score (nSPS) is 19.3. The average Bonchev–Trinajstić information content (AvgIpc) is 2.72. The second kappa shape index (κ2) is 8.81. The lowest BCUT2D eigenvalue weighted by atomic mass is 9.96. The zero-order valence-corrected chi connectivity index (χ0v) is 17.2. The average molecular weight is 413 g/mol. The molecule has 160 valence electrons. The van der Waals surface area contributed by atoms with Crippen LogP contribution in [0.4, 0.5) is 14.9 Å². The van der Waals surface area contributed by atoms with E-state index in [1.54, 1.807) is 24.1 Å². The van der Waals surface area contributed by atoms with Crippen LogP contribution in [0.2, 0.25) is 0 Å². The highest BCUT2D eigenvalue weighted by atomic mass is 19.1. The quantitative estimate of drug-likeness (QED) is 0.786. The zero-order chi connectivity index (χ0) is 21.1. The van der Waals surface area contributed by atoms with Crippen LogP contribution >= 0.6 is 0 Å². The first-order valence-electron chi connectivity index (χ1n) is 10.4. The maximum absolute atomic E-state index is 13.3. The fourth-order valence-electron chi connectivity index (χ4n) is 4.07. The topological polar surface area (TPSA) is 68.0 Å². The smallest absolute Gasteiger partial charge is 0.315 e. The van der Waals surface area contributed by atoms with Crippen LogP contribution in [0.1, 0.15) is 24.8 Å². The van der Waals surface area contributed by atoms with Gasteiger partial charge < -0.3 is 25.0 Å². The standard InChI is InChI=1S/C23H28FN3O3/c1-29-21-10-9-18(14-22(21)30-20-3-2-4-20)26-11-12-27(23(25)28)19(15-26)13-16-5-7-17(24)8-6-16/h5-10,14,19-20H,2-4,11-13,15H2,1H3,(H2,25,28). The molecule has 1 atom stereocenters. The summed E-state index contributed by atoms with van der Waals surface area (Å²) in [4.78, 5) is 15.9. The third kappa shape index (κ3) is 4.45. The first kappa shape index (κ1) is 20.3. The molecule has 2 N–H and O–H groups in total. The van der Waals surface area contributed by atoms with E-state index in [0.29, 0.717) is 26.1 Å². The van der Waals surface area contributed by atoms with Crippen molar-refractivity contribution in [2.24, 2.45) is 5.73 Å². The molecule has 2 aliphatic rings. The number of carbonyl (C=O) groups is 1. The summed E-state index contributed by atoms with van der Waals surface area (Å²) in [6.45, 7) is 1.85. The fraction of sp³-hybridized carbons (Fsp3) is 0.435. The van der Waals surface area contributed by atoms with Gasteiger partial charge in [0.2, 0.25) is 0 Å². The molecule has 4 rings (SSSR count). The van der Waals surface area contributed by atoms with Crippen LogP contribution in [0.25, 0.3) is 0 Å². The Hall–Kier alpha value is -2.96. The highest BCUT2D eigenvalue weighted by Gasteiger charge is 2.30. The van der Waals surface area contributed by atoms with Crippen molar-refractivity contribution in [3.05, 3.63) is 53.8 Å². The van der Waals surface area contributed by atoms with E-state index in [0.717, 1.165) is 35.6 Å². The Kier molecular flexibility index (Phi) is 5.97. The Bertz CT molecular complexity index is 886. The molecule has 6 nitrogen and oxygen atoms in total. The summed E-state index contributed by atoms with van der Waals surface area (Å²) in [6, 6.07) is 11.8. The molecule has 1 aliphatic heterocycles. The van der Waals surface area contributed by atoms with E-state index in [2.05, 4.69) is 4.90 Å². The molecule has 0 radical (unpaired) electrons. The molecule has 1 saturated carbocycles. The minimum atomic E-state index is -0.425. The van der Waals surface area contributed by atoms with Gasteiger partial charge in [0.15, 0.2) is 11.5 Å². The Labute approximate surface area is 176 Å². The van der Waals surface area contributed by atoms with Crippen molar-refractivity contribution in [2.75, 3.05) is 31.6 Å². The number of nitrogens with two attached hydrogens (primary N) is 1. The maximum Gasteiger partial charge on any atom is 0.315 e. The second-order valence-corrected chi connectivity index (χ2v) is 7.97.